The molecular weight excluding hydrogens is 288 g/mol. The number of nitrogens with zero attached hydrogens (tertiary/aromatic N) is 3. The highest BCUT2D eigenvalue weighted by Gasteiger charge is 2.14. The topological polar surface area (TPSA) is 90.4 Å². The first-order valence-electron chi connectivity index (χ1n) is 5.83. The summed E-state index contributed by atoms with van der Waals surface area (Å²) in [6, 6.07) is 3.67. The van der Waals surface area contributed by atoms with Crippen molar-refractivity contribution >= 4 is 5.69 Å². The lowest BCUT2D eigenvalue weighted by atomic mass is 10.2. The number of aliphatic hydroxyl groups is 1. The highest BCUT2D eigenvalue weighted by Crippen LogP contribution is 2.25. The van der Waals surface area contributed by atoms with Crippen LogP contribution in [0.4, 0.5) is 14.5 Å². The number of hydrogen-bond donors (Lipinski definition) is 1. The molecule has 0 aliphatic carbocycles. The van der Waals surface area contributed by atoms with Crippen molar-refractivity contribution in [1.29, 1.82) is 0 Å². The van der Waals surface area contributed by atoms with E-state index >= 15 is 0 Å². The molecule has 0 fully saturated rings. The third-order valence-corrected chi connectivity index (χ3v) is 2.74. The molecule has 2 rings (SSSR count). The number of hydrogen-bond acceptors (Lipinski definition) is 5. The summed E-state index contributed by atoms with van der Waals surface area (Å²) in [6.45, 7) is -3.46. The Kier molecular flexibility index (Phi) is 4.43. The smallest absolute Gasteiger partial charge is 0.320 e. The summed E-state index contributed by atoms with van der Waals surface area (Å²) in [5, 5.41) is 19.8. The fraction of sp³-hybridized carbons (Fsp3) is 0.250. The van der Waals surface area contributed by atoms with Crippen LogP contribution in [0.25, 0.3) is 0 Å². The quantitative estimate of drug-likeness (QED) is 0.652. The molecule has 0 spiro atoms. The van der Waals surface area contributed by atoms with Crippen molar-refractivity contribution in [3.05, 3.63) is 52.1 Å². The third kappa shape index (κ3) is 3.31. The van der Waals surface area contributed by atoms with E-state index in [-0.39, 0.29) is 29.4 Å². The van der Waals surface area contributed by atoms with Gasteiger partial charge in [0.25, 0.3) is 5.69 Å². The number of nitro groups is 1. The zero-order valence-electron chi connectivity index (χ0n) is 10.6. The SMILES string of the molecule is O=[N+]([O-])c1ccc(OCc2nccn2C(F)F)c(CO)c1. The zero-order chi connectivity index (χ0) is 15.4. The van der Waals surface area contributed by atoms with Crippen molar-refractivity contribution in [2.24, 2.45) is 0 Å². The number of ether oxygens (including phenoxy) is 1. The maximum absolute atomic E-state index is 12.6. The van der Waals surface area contributed by atoms with Crippen molar-refractivity contribution < 1.29 is 23.5 Å². The Labute approximate surface area is 117 Å². The summed E-state index contributed by atoms with van der Waals surface area (Å²) < 4.78 is 31.2. The second kappa shape index (κ2) is 6.27. The molecule has 1 heterocycles. The van der Waals surface area contributed by atoms with Gasteiger partial charge in [0.2, 0.25) is 0 Å². The molecule has 0 atom stereocenters. The standard InChI is InChI=1S/C12H11F2N3O4/c13-12(14)16-4-3-15-11(16)7-21-10-2-1-9(17(19)20)5-8(10)6-18/h1-5,12,18H,6-7H2. The van der Waals surface area contributed by atoms with E-state index in [1.807, 2.05) is 0 Å². The molecule has 112 valence electrons. The number of nitro benzene ring substituents is 1. The number of alkyl halides is 2. The van der Waals surface area contributed by atoms with Crippen LogP contribution in [-0.2, 0) is 13.2 Å². The van der Waals surface area contributed by atoms with Crippen LogP contribution < -0.4 is 4.74 Å². The van der Waals surface area contributed by atoms with Crippen molar-refractivity contribution in [1.82, 2.24) is 9.55 Å². The predicted molar refractivity (Wildman–Crippen MR) is 66.8 cm³/mol. The maximum Gasteiger partial charge on any atom is 0.320 e. The van der Waals surface area contributed by atoms with Gasteiger partial charge in [0.15, 0.2) is 5.82 Å². The van der Waals surface area contributed by atoms with Crippen molar-refractivity contribution in [2.75, 3.05) is 0 Å². The van der Waals surface area contributed by atoms with Gasteiger partial charge < -0.3 is 9.84 Å². The molecule has 2 aromatic rings. The Morgan fingerprint density at radius 2 is 2.24 bits per heavy atom. The number of aliphatic hydroxyl groups excluding tert-OH is 1. The highest BCUT2D eigenvalue weighted by atomic mass is 19.3. The number of halogens is 2. The van der Waals surface area contributed by atoms with Crippen molar-refractivity contribution in [3.63, 3.8) is 0 Å². The van der Waals surface area contributed by atoms with Crippen molar-refractivity contribution in [3.8, 4) is 5.75 Å². The number of non-ortho nitro benzene ring substituents is 1. The highest BCUT2D eigenvalue weighted by molar-refractivity contribution is 5.43. The number of rotatable bonds is 6. The van der Waals surface area contributed by atoms with Gasteiger partial charge in [0.05, 0.1) is 11.5 Å². The molecule has 0 amide bonds. The summed E-state index contributed by atoms with van der Waals surface area (Å²) >= 11 is 0. The average Bonchev–Trinajstić information content (AvgIpc) is 2.93. The van der Waals surface area contributed by atoms with E-state index in [0.29, 0.717) is 4.57 Å². The summed E-state index contributed by atoms with van der Waals surface area (Å²) in [5.74, 6) is 0.180. The lowest BCUT2D eigenvalue weighted by Crippen LogP contribution is -2.08. The van der Waals surface area contributed by atoms with Gasteiger partial charge >= 0.3 is 6.55 Å². The molecule has 21 heavy (non-hydrogen) atoms. The number of benzene rings is 1. The second-order valence-corrected chi connectivity index (χ2v) is 4.02. The molecular formula is C12H11F2N3O4. The summed E-state index contributed by atoms with van der Waals surface area (Å²) in [6.07, 6.45) is 2.33. The maximum atomic E-state index is 12.6. The van der Waals surface area contributed by atoms with Gasteiger partial charge in [0.1, 0.15) is 12.4 Å². The van der Waals surface area contributed by atoms with E-state index in [1.165, 1.54) is 18.3 Å². The Morgan fingerprint density at radius 1 is 1.48 bits per heavy atom. The van der Waals surface area contributed by atoms with E-state index in [9.17, 15) is 24.0 Å². The monoisotopic (exact) mass is 299 g/mol. The normalized spacial score (nSPS) is 10.9. The van der Waals surface area contributed by atoms with Crippen LogP contribution in [-0.4, -0.2) is 19.6 Å². The predicted octanol–water partition coefficient (Wildman–Crippen LogP) is 2.26. The minimum absolute atomic E-state index is 0.00671. The van der Waals surface area contributed by atoms with Crippen LogP contribution in [0.3, 0.4) is 0 Å². The minimum Gasteiger partial charge on any atom is -0.485 e. The van der Waals surface area contributed by atoms with E-state index in [0.717, 1.165) is 12.3 Å². The Hall–Kier alpha value is -2.55. The molecule has 0 saturated heterocycles. The van der Waals surface area contributed by atoms with E-state index < -0.39 is 18.1 Å². The van der Waals surface area contributed by atoms with Crippen LogP contribution in [0.2, 0.25) is 0 Å². The largest absolute Gasteiger partial charge is 0.485 e. The molecule has 1 N–H and O–H groups in total. The molecule has 1 aromatic carbocycles. The Balaban J connectivity index is 2.16. The molecule has 0 bridgehead atoms. The number of aromatic nitrogens is 2. The molecule has 1 aromatic heterocycles. The van der Waals surface area contributed by atoms with Crippen LogP contribution in [0.1, 0.15) is 17.9 Å². The van der Waals surface area contributed by atoms with Crippen molar-refractivity contribution in [2.45, 2.75) is 19.8 Å². The van der Waals surface area contributed by atoms with E-state index in [2.05, 4.69) is 4.98 Å². The summed E-state index contributed by atoms with van der Waals surface area (Å²) in [4.78, 5) is 13.8. The lowest BCUT2D eigenvalue weighted by Gasteiger charge is -2.11. The second-order valence-electron chi connectivity index (χ2n) is 4.02. The lowest BCUT2D eigenvalue weighted by molar-refractivity contribution is -0.385. The van der Waals surface area contributed by atoms with E-state index in [1.54, 1.807) is 0 Å². The van der Waals surface area contributed by atoms with Gasteiger partial charge in [-0.3, -0.25) is 14.7 Å². The molecule has 7 nitrogen and oxygen atoms in total. The Bertz CT molecular complexity index is 645. The molecule has 0 radical (unpaired) electrons. The third-order valence-electron chi connectivity index (χ3n) is 2.74. The summed E-state index contributed by atoms with van der Waals surface area (Å²) in [7, 11) is 0. The van der Waals surface area contributed by atoms with Crippen LogP contribution in [0.15, 0.2) is 30.6 Å². The molecule has 9 heteroatoms. The first-order valence-corrected chi connectivity index (χ1v) is 5.83. The summed E-state index contributed by atoms with van der Waals surface area (Å²) in [5.41, 5.74) is -0.000154. The first-order chi connectivity index (χ1) is 10.0. The first kappa shape index (κ1) is 14.9. The van der Waals surface area contributed by atoms with Gasteiger partial charge in [-0.05, 0) is 6.07 Å². The zero-order valence-corrected chi connectivity index (χ0v) is 10.6. The van der Waals surface area contributed by atoms with Gasteiger partial charge in [0, 0.05) is 30.1 Å². The van der Waals surface area contributed by atoms with E-state index in [4.69, 9.17) is 4.74 Å². The molecule has 0 saturated carbocycles. The molecule has 0 unspecified atom stereocenters. The Morgan fingerprint density at radius 3 is 2.86 bits per heavy atom. The average molecular weight is 299 g/mol. The van der Waals surface area contributed by atoms with Gasteiger partial charge in [-0.1, -0.05) is 0 Å². The minimum atomic E-state index is -2.74. The molecule has 0 aliphatic rings. The molecule has 0 aliphatic heterocycles. The fourth-order valence-electron chi connectivity index (χ4n) is 1.72. The number of imidazole rings is 1. The van der Waals surface area contributed by atoms with Crippen LogP contribution in [0.5, 0.6) is 5.75 Å². The van der Waals surface area contributed by atoms with Crippen LogP contribution >= 0.6 is 0 Å². The van der Waals surface area contributed by atoms with Gasteiger partial charge in [-0.2, -0.15) is 8.78 Å². The van der Waals surface area contributed by atoms with Gasteiger partial charge in [-0.25, -0.2) is 4.98 Å². The fourth-order valence-corrected chi connectivity index (χ4v) is 1.72. The van der Waals surface area contributed by atoms with Crippen LogP contribution in [0, 0.1) is 10.1 Å². The van der Waals surface area contributed by atoms with Gasteiger partial charge in [-0.15, -0.1) is 0 Å².